The monoisotopic (exact) mass is 494 g/mol. The molecule has 0 N–H and O–H groups in total. The van der Waals surface area contributed by atoms with E-state index in [4.69, 9.17) is 4.74 Å². The van der Waals surface area contributed by atoms with Gasteiger partial charge in [-0.1, -0.05) is 30.3 Å². The van der Waals surface area contributed by atoms with Crippen molar-refractivity contribution >= 4 is 40.1 Å². The number of ketones is 1. The van der Waals surface area contributed by atoms with E-state index in [-0.39, 0.29) is 52.9 Å². The minimum atomic E-state index is -1.42. The summed E-state index contributed by atoms with van der Waals surface area (Å²) in [4.78, 5) is 26.2. The van der Waals surface area contributed by atoms with Crippen molar-refractivity contribution in [3.05, 3.63) is 93.6 Å². The SMILES string of the molecule is COc1ccc(C/C(C(=O)c2ccc(C)c(C)c2)=C(\C(=O)[O-])c2ccc3nsnc3c2)cc1C.[Na+]. The van der Waals surface area contributed by atoms with Crippen molar-refractivity contribution in [3.63, 3.8) is 0 Å². The number of benzene rings is 3. The number of carbonyl (C=O) groups excluding carboxylic acids is 2. The Morgan fingerprint density at radius 2 is 1.57 bits per heavy atom. The summed E-state index contributed by atoms with van der Waals surface area (Å²) in [5.41, 5.74) is 5.71. The quantitative estimate of drug-likeness (QED) is 0.218. The molecule has 35 heavy (non-hydrogen) atoms. The van der Waals surface area contributed by atoms with Gasteiger partial charge in [0.15, 0.2) is 5.78 Å². The van der Waals surface area contributed by atoms with Gasteiger partial charge in [0.1, 0.15) is 16.8 Å². The standard InChI is InChI=1S/C27H24N2O4S.Na/c1-15-5-7-20(12-16(15)2)26(30)21(13-18-6-10-24(33-4)17(3)11-18)25(27(31)32)19-8-9-22-23(14-19)29-34-28-22;/h5-12,14H,13H2,1-4H3,(H,31,32);/q;+1/p-1/b25-21+;. The maximum absolute atomic E-state index is 13.8. The fourth-order valence-electron chi connectivity index (χ4n) is 3.95. The number of methoxy groups -OCH3 is 1. The van der Waals surface area contributed by atoms with Crippen molar-refractivity contribution in [3.8, 4) is 5.75 Å². The molecule has 1 heterocycles. The number of hydrogen-bond donors (Lipinski definition) is 0. The summed E-state index contributed by atoms with van der Waals surface area (Å²) in [6, 6.07) is 15.9. The molecule has 0 unspecified atom stereocenters. The molecule has 4 rings (SSSR count). The average molecular weight is 495 g/mol. The Balaban J connectivity index is 0.00000342. The van der Waals surface area contributed by atoms with Gasteiger partial charge in [-0.25, -0.2) is 0 Å². The first kappa shape index (κ1) is 26.8. The van der Waals surface area contributed by atoms with Crippen LogP contribution >= 0.6 is 11.7 Å². The largest absolute Gasteiger partial charge is 1.00 e. The van der Waals surface area contributed by atoms with Crippen molar-refractivity contribution in [2.45, 2.75) is 27.2 Å². The molecular formula is C27H23N2NaO4S. The van der Waals surface area contributed by atoms with Gasteiger partial charge in [-0.15, -0.1) is 0 Å². The number of carboxylic acid groups (broad SMARTS) is 1. The molecule has 0 saturated carbocycles. The minimum absolute atomic E-state index is 0. The maximum atomic E-state index is 13.8. The number of hydrogen-bond acceptors (Lipinski definition) is 7. The van der Waals surface area contributed by atoms with Gasteiger partial charge in [-0.3, -0.25) is 4.79 Å². The Morgan fingerprint density at radius 1 is 0.857 bits per heavy atom. The fraction of sp³-hybridized carbons (Fsp3) is 0.185. The third-order valence-electron chi connectivity index (χ3n) is 5.93. The predicted molar refractivity (Wildman–Crippen MR) is 131 cm³/mol. The third kappa shape index (κ3) is 5.70. The van der Waals surface area contributed by atoms with Gasteiger partial charge in [0.05, 0.1) is 24.8 Å². The summed E-state index contributed by atoms with van der Waals surface area (Å²) < 4.78 is 13.7. The van der Waals surface area contributed by atoms with Gasteiger partial charge in [-0.05, 0) is 72.9 Å². The summed E-state index contributed by atoms with van der Waals surface area (Å²) in [6.07, 6.45) is 0.118. The van der Waals surface area contributed by atoms with E-state index in [1.54, 1.807) is 37.4 Å². The van der Waals surface area contributed by atoms with E-state index in [0.29, 0.717) is 22.2 Å². The van der Waals surface area contributed by atoms with Crippen molar-refractivity contribution in [2.75, 3.05) is 7.11 Å². The van der Waals surface area contributed by atoms with Crippen LogP contribution in [0.1, 0.15) is 38.2 Å². The number of carboxylic acids is 1. The number of aliphatic carboxylic acids is 1. The molecule has 0 radical (unpaired) electrons. The molecule has 6 nitrogen and oxygen atoms in total. The zero-order valence-electron chi connectivity index (χ0n) is 20.3. The van der Waals surface area contributed by atoms with Crippen molar-refractivity contribution < 1.29 is 49.0 Å². The number of carbonyl (C=O) groups is 2. The van der Waals surface area contributed by atoms with E-state index in [0.717, 1.165) is 39.7 Å². The van der Waals surface area contributed by atoms with E-state index >= 15 is 0 Å². The number of nitrogens with zero attached hydrogens (tertiary/aromatic N) is 2. The molecule has 0 saturated heterocycles. The molecule has 0 atom stereocenters. The summed E-state index contributed by atoms with van der Waals surface area (Å²) in [5.74, 6) is -1.05. The number of fused-ring (bicyclic) bond motifs is 1. The number of Topliss-reactive ketones (excluding diaryl/α,β-unsaturated/α-hetero) is 1. The van der Waals surface area contributed by atoms with Gasteiger partial charge in [0.25, 0.3) is 0 Å². The van der Waals surface area contributed by atoms with Crippen LogP contribution in [0.5, 0.6) is 5.75 Å². The molecule has 0 spiro atoms. The van der Waals surface area contributed by atoms with Gasteiger partial charge in [0.2, 0.25) is 0 Å². The van der Waals surface area contributed by atoms with Gasteiger partial charge < -0.3 is 14.6 Å². The minimum Gasteiger partial charge on any atom is -0.545 e. The topological polar surface area (TPSA) is 92.2 Å². The molecular weight excluding hydrogens is 471 g/mol. The van der Waals surface area contributed by atoms with Crippen LogP contribution in [0.4, 0.5) is 0 Å². The van der Waals surface area contributed by atoms with Crippen LogP contribution in [0.25, 0.3) is 16.6 Å². The van der Waals surface area contributed by atoms with E-state index < -0.39 is 5.97 Å². The van der Waals surface area contributed by atoms with Crippen LogP contribution in [-0.2, 0) is 11.2 Å². The molecule has 0 bridgehead atoms. The molecule has 0 aliphatic carbocycles. The predicted octanol–water partition coefficient (Wildman–Crippen LogP) is 1.26. The van der Waals surface area contributed by atoms with E-state index in [1.165, 1.54) is 0 Å². The second-order valence-corrected chi connectivity index (χ2v) is 8.75. The van der Waals surface area contributed by atoms with Crippen LogP contribution in [0, 0.1) is 20.8 Å². The summed E-state index contributed by atoms with van der Waals surface area (Å²) in [6.45, 7) is 5.79. The Kier molecular flexibility index (Phi) is 8.61. The second kappa shape index (κ2) is 11.3. The molecule has 1 aromatic heterocycles. The molecule has 172 valence electrons. The number of ether oxygens (including phenoxy) is 1. The summed E-state index contributed by atoms with van der Waals surface area (Å²) in [5, 5.41) is 12.5. The third-order valence-corrected chi connectivity index (χ3v) is 6.49. The molecule has 3 aromatic carbocycles. The Labute approximate surface area is 230 Å². The Morgan fingerprint density at radius 3 is 2.23 bits per heavy atom. The zero-order chi connectivity index (χ0) is 24.4. The Hall–Kier alpha value is -2.84. The van der Waals surface area contributed by atoms with Crippen molar-refractivity contribution in [1.29, 1.82) is 0 Å². The molecule has 0 aliphatic rings. The molecule has 4 aromatic rings. The second-order valence-electron chi connectivity index (χ2n) is 8.22. The van der Waals surface area contributed by atoms with Crippen LogP contribution in [0.2, 0.25) is 0 Å². The van der Waals surface area contributed by atoms with Gasteiger partial charge >= 0.3 is 29.6 Å². The normalized spacial score (nSPS) is 11.5. The van der Waals surface area contributed by atoms with Gasteiger partial charge in [0, 0.05) is 23.1 Å². The van der Waals surface area contributed by atoms with Crippen molar-refractivity contribution in [1.82, 2.24) is 8.75 Å². The van der Waals surface area contributed by atoms with Crippen LogP contribution < -0.4 is 39.4 Å². The maximum Gasteiger partial charge on any atom is 1.00 e. The van der Waals surface area contributed by atoms with Gasteiger partial charge in [-0.2, -0.15) is 8.75 Å². The van der Waals surface area contributed by atoms with E-state index in [9.17, 15) is 14.7 Å². The average Bonchev–Trinajstić information content (AvgIpc) is 3.28. The molecule has 0 amide bonds. The fourth-order valence-corrected chi connectivity index (χ4v) is 4.46. The van der Waals surface area contributed by atoms with Crippen LogP contribution in [0.15, 0.2) is 60.2 Å². The molecule has 8 heteroatoms. The van der Waals surface area contributed by atoms with Crippen molar-refractivity contribution in [2.24, 2.45) is 0 Å². The first-order valence-electron chi connectivity index (χ1n) is 10.7. The first-order chi connectivity index (χ1) is 16.3. The molecule has 0 fully saturated rings. The summed E-state index contributed by atoms with van der Waals surface area (Å²) >= 11 is 1.05. The zero-order valence-corrected chi connectivity index (χ0v) is 23.2. The van der Waals surface area contributed by atoms with E-state index in [2.05, 4.69) is 8.75 Å². The summed E-state index contributed by atoms with van der Waals surface area (Å²) in [7, 11) is 1.59. The number of rotatable bonds is 7. The smallest absolute Gasteiger partial charge is 0.545 e. The number of allylic oxidation sites excluding steroid dienone is 1. The molecule has 0 aliphatic heterocycles. The first-order valence-corrected chi connectivity index (χ1v) is 11.4. The van der Waals surface area contributed by atoms with E-state index in [1.807, 2.05) is 45.0 Å². The number of aryl methyl sites for hydroxylation is 3. The Bertz CT molecular complexity index is 1460. The van der Waals surface area contributed by atoms with Crippen LogP contribution in [0.3, 0.4) is 0 Å². The number of aromatic nitrogens is 2. The van der Waals surface area contributed by atoms with Crippen LogP contribution in [-0.4, -0.2) is 27.6 Å².